The summed E-state index contributed by atoms with van der Waals surface area (Å²) in [6.07, 6.45) is 0.406. The molecule has 23 heavy (non-hydrogen) atoms. The van der Waals surface area contributed by atoms with Gasteiger partial charge in [-0.3, -0.25) is 4.79 Å². The normalized spacial score (nSPS) is 11.1. The van der Waals surface area contributed by atoms with Crippen molar-refractivity contribution in [3.63, 3.8) is 0 Å². The third kappa shape index (κ3) is 5.61. The Morgan fingerprint density at radius 1 is 0.957 bits per heavy atom. The third-order valence-electron chi connectivity index (χ3n) is 3.56. The molecular formula is C19H23ClN2O. The van der Waals surface area contributed by atoms with Crippen molar-refractivity contribution in [1.29, 1.82) is 0 Å². The lowest BCUT2D eigenvalue weighted by atomic mass is 9.87. The van der Waals surface area contributed by atoms with Crippen LogP contribution in [-0.4, -0.2) is 12.5 Å². The van der Waals surface area contributed by atoms with E-state index in [0.29, 0.717) is 18.0 Å². The molecule has 0 saturated heterocycles. The van der Waals surface area contributed by atoms with Gasteiger partial charge in [-0.2, -0.15) is 0 Å². The van der Waals surface area contributed by atoms with Crippen molar-refractivity contribution in [2.75, 3.05) is 17.2 Å². The van der Waals surface area contributed by atoms with Crippen molar-refractivity contribution in [3.8, 4) is 0 Å². The van der Waals surface area contributed by atoms with Gasteiger partial charge in [-0.1, -0.05) is 44.5 Å². The molecule has 2 N–H and O–H groups in total. The number of carbonyl (C=O) groups excluding carboxylic acids is 1. The lowest BCUT2D eigenvalue weighted by molar-refractivity contribution is -0.115. The van der Waals surface area contributed by atoms with Crippen LogP contribution in [0, 0.1) is 0 Å². The number of hydrogen-bond acceptors (Lipinski definition) is 2. The molecule has 3 nitrogen and oxygen atoms in total. The highest BCUT2D eigenvalue weighted by atomic mass is 35.5. The minimum Gasteiger partial charge on any atom is -0.385 e. The molecule has 122 valence electrons. The van der Waals surface area contributed by atoms with E-state index in [0.717, 1.165) is 11.4 Å². The average molecular weight is 331 g/mol. The Hall–Kier alpha value is -2.00. The SMILES string of the molecule is CC(C)(C)c1ccc(NC(=O)CCNc2ccc(Cl)cc2)cc1. The van der Waals surface area contributed by atoms with Crippen LogP contribution in [0.15, 0.2) is 48.5 Å². The maximum Gasteiger partial charge on any atom is 0.226 e. The molecule has 0 saturated carbocycles. The van der Waals surface area contributed by atoms with Gasteiger partial charge in [0.25, 0.3) is 0 Å². The van der Waals surface area contributed by atoms with Crippen LogP contribution in [-0.2, 0) is 10.2 Å². The molecular weight excluding hydrogens is 308 g/mol. The molecule has 0 aliphatic heterocycles. The summed E-state index contributed by atoms with van der Waals surface area (Å²) >= 11 is 5.83. The molecule has 2 aromatic carbocycles. The van der Waals surface area contributed by atoms with Crippen molar-refractivity contribution in [1.82, 2.24) is 0 Å². The third-order valence-corrected chi connectivity index (χ3v) is 3.81. The lowest BCUT2D eigenvalue weighted by Crippen LogP contribution is -2.16. The fourth-order valence-electron chi connectivity index (χ4n) is 2.17. The predicted octanol–water partition coefficient (Wildman–Crippen LogP) is 5.08. The Kier molecular flexibility index (Phi) is 5.67. The van der Waals surface area contributed by atoms with Gasteiger partial charge in [0.1, 0.15) is 0 Å². The molecule has 2 aromatic rings. The summed E-state index contributed by atoms with van der Waals surface area (Å²) in [6.45, 7) is 7.09. The fourth-order valence-corrected chi connectivity index (χ4v) is 2.29. The zero-order valence-electron chi connectivity index (χ0n) is 13.8. The topological polar surface area (TPSA) is 41.1 Å². The molecule has 0 unspecified atom stereocenters. The van der Waals surface area contributed by atoms with E-state index in [2.05, 4.69) is 43.5 Å². The van der Waals surface area contributed by atoms with Crippen molar-refractivity contribution in [3.05, 3.63) is 59.1 Å². The van der Waals surface area contributed by atoms with Crippen LogP contribution in [0.2, 0.25) is 5.02 Å². The smallest absolute Gasteiger partial charge is 0.226 e. The van der Waals surface area contributed by atoms with E-state index in [-0.39, 0.29) is 11.3 Å². The number of carbonyl (C=O) groups is 1. The second-order valence-corrected chi connectivity index (χ2v) is 7.00. The predicted molar refractivity (Wildman–Crippen MR) is 98.3 cm³/mol. The highest BCUT2D eigenvalue weighted by Gasteiger charge is 2.13. The van der Waals surface area contributed by atoms with Crippen LogP contribution < -0.4 is 10.6 Å². The molecule has 2 rings (SSSR count). The maximum atomic E-state index is 12.0. The summed E-state index contributed by atoms with van der Waals surface area (Å²) < 4.78 is 0. The van der Waals surface area contributed by atoms with Crippen LogP contribution in [0.1, 0.15) is 32.8 Å². The van der Waals surface area contributed by atoms with E-state index >= 15 is 0 Å². The van der Waals surface area contributed by atoms with Crippen LogP contribution in [0.5, 0.6) is 0 Å². The molecule has 0 heterocycles. The number of rotatable bonds is 5. The van der Waals surface area contributed by atoms with Crippen molar-refractivity contribution in [2.24, 2.45) is 0 Å². The summed E-state index contributed by atoms with van der Waals surface area (Å²) in [4.78, 5) is 12.0. The first-order chi connectivity index (χ1) is 10.8. The first kappa shape index (κ1) is 17.4. The molecule has 0 spiro atoms. The summed E-state index contributed by atoms with van der Waals surface area (Å²) in [5, 5.41) is 6.81. The van der Waals surface area contributed by atoms with E-state index in [1.54, 1.807) is 0 Å². The number of nitrogens with one attached hydrogen (secondary N) is 2. The monoisotopic (exact) mass is 330 g/mol. The summed E-state index contributed by atoms with van der Waals surface area (Å²) in [5.41, 5.74) is 3.15. The van der Waals surface area contributed by atoms with Gasteiger partial charge in [0.05, 0.1) is 0 Å². The van der Waals surface area contributed by atoms with Crippen LogP contribution in [0.25, 0.3) is 0 Å². The van der Waals surface area contributed by atoms with Gasteiger partial charge >= 0.3 is 0 Å². The van der Waals surface area contributed by atoms with E-state index in [9.17, 15) is 4.79 Å². The highest BCUT2D eigenvalue weighted by Crippen LogP contribution is 2.23. The Morgan fingerprint density at radius 3 is 2.09 bits per heavy atom. The summed E-state index contributed by atoms with van der Waals surface area (Å²) in [5.74, 6) is -0.00466. The van der Waals surface area contributed by atoms with Crippen molar-refractivity contribution in [2.45, 2.75) is 32.6 Å². The lowest BCUT2D eigenvalue weighted by Gasteiger charge is -2.19. The maximum absolute atomic E-state index is 12.0. The van der Waals surface area contributed by atoms with Crippen molar-refractivity contribution >= 4 is 28.9 Å². The zero-order valence-corrected chi connectivity index (χ0v) is 14.6. The highest BCUT2D eigenvalue weighted by molar-refractivity contribution is 6.30. The van der Waals surface area contributed by atoms with Crippen molar-refractivity contribution < 1.29 is 4.79 Å². The van der Waals surface area contributed by atoms with E-state index in [4.69, 9.17) is 11.6 Å². The largest absolute Gasteiger partial charge is 0.385 e. The summed E-state index contributed by atoms with van der Waals surface area (Å²) in [7, 11) is 0. The van der Waals surface area contributed by atoms with E-state index in [1.165, 1.54) is 5.56 Å². The van der Waals surface area contributed by atoms with Crippen LogP contribution in [0.3, 0.4) is 0 Å². The molecule has 0 atom stereocenters. The standard InChI is InChI=1S/C19H23ClN2O/c1-19(2,3)14-4-8-17(9-5-14)22-18(23)12-13-21-16-10-6-15(20)7-11-16/h4-11,21H,12-13H2,1-3H3,(H,22,23). The molecule has 0 aliphatic rings. The molecule has 4 heteroatoms. The first-order valence-electron chi connectivity index (χ1n) is 7.74. The van der Waals surface area contributed by atoms with E-state index in [1.807, 2.05) is 36.4 Å². The van der Waals surface area contributed by atoms with Gasteiger partial charge in [-0.25, -0.2) is 0 Å². The van der Waals surface area contributed by atoms with Gasteiger partial charge < -0.3 is 10.6 Å². The Bertz CT molecular complexity index is 643. The Balaban J connectivity index is 1.79. The minimum atomic E-state index is -0.00466. The minimum absolute atomic E-state index is 0.00466. The Labute approximate surface area is 143 Å². The van der Waals surface area contributed by atoms with Crippen LogP contribution >= 0.6 is 11.6 Å². The van der Waals surface area contributed by atoms with Crippen LogP contribution in [0.4, 0.5) is 11.4 Å². The molecule has 0 fully saturated rings. The number of halogens is 1. The number of benzene rings is 2. The molecule has 1 amide bonds. The first-order valence-corrected chi connectivity index (χ1v) is 8.12. The Morgan fingerprint density at radius 2 is 1.52 bits per heavy atom. The molecule has 0 aliphatic carbocycles. The second-order valence-electron chi connectivity index (χ2n) is 6.56. The van der Waals surface area contributed by atoms with Gasteiger partial charge in [0, 0.05) is 29.4 Å². The number of amides is 1. The quantitative estimate of drug-likeness (QED) is 0.802. The van der Waals surface area contributed by atoms with Gasteiger partial charge in [-0.05, 0) is 47.4 Å². The fraction of sp³-hybridized carbons (Fsp3) is 0.316. The molecule has 0 bridgehead atoms. The zero-order chi connectivity index (χ0) is 16.9. The van der Waals surface area contributed by atoms with Gasteiger partial charge in [0.15, 0.2) is 0 Å². The molecule has 0 aromatic heterocycles. The van der Waals surface area contributed by atoms with Gasteiger partial charge in [0.2, 0.25) is 5.91 Å². The van der Waals surface area contributed by atoms with Gasteiger partial charge in [-0.15, -0.1) is 0 Å². The average Bonchev–Trinajstić information content (AvgIpc) is 2.49. The molecule has 0 radical (unpaired) electrons. The second kappa shape index (κ2) is 7.51. The number of hydrogen-bond donors (Lipinski definition) is 2. The summed E-state index contributed by atoms with van der Waals surface area (Å²) in [6, 6.07) is 15.4. The van der Waals surface area contributed by atoms with E-state index < -0.39 is 0 Å². The number of anilines is 2.